The van der Waals surface area contributed by atoms with Crippen LogP contribution in [-0.4, -0.2) is 49.9 Å². The van der Waals surface area contributed by atoms with Gasteiger partial charge in [-0.2, -0.15) is 8.78 Å². The monoisotopic (exact) mass is 519 g/mol. The minimum atomic E-state index is -3.12. The van der Waals surface area contributed by atoms with Gasteiger partial charge < -0.3 is 19.7 Å². The number of carbonyl (C=O) groups excluding carboxylic acids is 1. The van der Waals surface area contributed by atoms with E-state index in [0.717, 1.165) is 62.5 Å². The first-order valence-electron chi connectivity index (χ1n) is 13.1. The van der Waals surface area contributed by atoms with Gasteiger partial charge in [0.1, 0.15) is 5.69 Å². The number of aromatic nitrogens is 1. The van der Waals surface area contributed by atoms with Crippen LogP contribution in [0.3, 0.4) is 0 Å². The van der Waals surface area contributed by atoms with Crippen molar-refractivity contribution in [2.75, 3.05) is 43.2 Å². The van der Waals surface area contributed by atoms with Crippen molar-refractivity contribution in [3.63, 3.8) is 0 Å². The normalized spacial score (nSPS) is 22.7. The van der Waals surface area contributed by atoms with Gasteiger partial charge in [0.2, 0.25) is 0 Å². The molecule has 3 aliphatic heterocycles. The van der Waals surface area contributed by atoms with Gasteiger partial charge >= 0.3 is 0 Å². The largest absolute Gasteiger partial charge is 0.381 e. The molecule has 2 saturated heterocycles. The molecular formula is C30H31F2N3O3. The second-order valence-corrected chi connectivity index (χ2v) is 10.5. The van der Waals surface area contributed by atoms with Crippen LogP contribution in [-0.2, 0) is 15.4 Å². The molecule has 6 nitrogen and oxygen atoms in total. The first-order valence-corrected chi connectivity index (χ1v) is 13.1. The number of hydrogen-bond acceptors (Lipinski definition) is 5. The molecule has 0 bridgehead atoms. The average molecular weight is 520 g/mol. The lowest BCUT2D eigenvalue weighted by Crippen LogP contribution is -2.56. The van der Waals surface area contributed by atoms with Gasteiger partial charge in [0.25, 0.3) is 11.8 Å². The number of fused-ring (bicyclic) bond motifs is 6. The SMILES string of the molecule is Cc1ccc(NC(=O)c2ccnc(C(C)(F)F)c2)cc1-c1ccc2c(c1)N1CCOCC1C1COCCC21. The number of morpholine rings is 1. The Morgan fingerprint density at radius 3 is 2.76 bits per heavy atom. The molecule has 1 aromatic heterocycles. The summed E-state index contributed by atoms with van der Waals surface area (Å²) in [6, 6.07) is 15.3. The van der Waals surface area contributed by atoms with E-state index < -0.39 is 17.5 Å². The Hall–Kier alpha value is -3.36. The van der Waals surface area contributed by atoms with Crippen LogP contribution in [0.2, 0.25) is 0 Å². The molecule has 3 unspecified atom stereocenters. The van der Waals surface area contributed by atoms with Gasteiger partial charge in [-0.1, -0.05) is 18.2 Å². The Bertz CT molecular complexity index is 1370. The van der Waals surface area contributed by atoms with E-state index >= 15 is 0 Å². The fraction of sp³-hybridized carbons (Fsp3) is 0.400. The fourth-order valence-electron chi connectivity index (χ4n) is 6.10. The summed E-state index contributed by atoms with van der Waals surface area (Å²) < 4.78 is 39.2. The van der Waals surface area contributed by atoms with Crippen LogP contribution in [0.25, 0.3) is 11.1 Å². The van der Waals surface area contributed by atoms with Crippen molar-refractivity contribution in [2.45, 2.75) is 38.2 Å². The summed E-state index contributed by atoms with van der Waals surface area (Å²) in [6.45, 7) is 6.64. The van der Waals surface area contributed by atoms with Crippen molar-refractivity contribution in [2.24, 2.45) is 5.92 Å². The maximum absolute atomic E-state index is 13.7. The average Bonchev–Trinajstić information content (AvgIpc) is 2.93. The van der Waals surface area contributed by atoms with E-state index in [4.69, 9.17) is 9.47 Å². The number of anilines is 2. The van der Waals surface area contributed by atoms with E-state index in [-0.39, 0.29) is 5.56 Å². The van der Waals surface area contributed by atoms with Crippen LogP contribution in [0.5, 0.6) is 0 Å². The van der Waals surface area contributed by atoms with E-state index in [1.54, 1.807) is 0 Å². The summed E-state index contributed by atoms with van der Waals surface area (Å²) in [7, 11) is 0. The van der Waals surface area contributed by atoms with Crippen molar-refractivity contribution in [3.8, 4) is 11.1 Å². The van der Waals surface area contributed by atoms with Gasteiger partial charge in [0.15, 0.2) is 0 Å². The van der Waals surface area contributed by atoms with Gasteiger partial charge in [-0.15, -0.1) is 0 Å². The molecule has 1 amide bonds. The molecule has 3 aromatic rings. The van der Waals surface area contributed by atoms with E-state index in [2.05, 4.69) is 33.4 Å². The lowest BCUT2D eigenvalue weighted by atomic mass is 9.73. The molecule has 4 heterocycles. The minimum absolute atomic E-state index is 0.136. The number of nitrogens with zero attached hydrogens (tertiary/aromatic N) is 2. The topological polar surface area (TPSA) is 63.7 Å². The molecule has 0 spiro atoms. The summed E-state index contributed by atoms with van der Waals surface area (Å²) in [5.41, 5.74) is 6.11. The number of ether oxygens (including phenoxy) is 2. The van der Waals surface area contributed by atoms with Crippen molar-refractivity contribution >= 4 is 17.3 Å². The summed E-state index contributed by atoms with van der Waals surface area (Å²) in [5, 5.41) is 2.87. The third-order valence-electron chi connectivity index (χ3n) is 8.08. The summed E-state index contributed by atoms with van der Waals surface area (Å²) in [5.74, 6) is -2.68. The van der Waals surface area contributed by atoms with Crippen molar-refractivity contribution < 1.29 is 23.0 Å². The number of pyridine rings is 1. The number of halogens is 2. The molecule has 198 valence electrons. The van der Waals surface area contributed by atoms with Gasteiger partial charge in [0, 0.05) is 49.1 Å². The maximum atomic E-state index is 13.7. The molecule has 3 aliphatic rings. The summed E-state index contributed by atoms with van der Waals surface area (Å²) >= 11 is 0. The predicted molar refractivity (Wildman–Crippen MR) is 142 cm³/mol. The lowest BCUT2D eigenvalue weighted by Gasteiger charge is -2.51. The number of alkyl halides is 2. The number of carbonyl (C=O) groups is 1. The predicted octanol–water partition coefficient (Wildman–Crippen LogP) is 5.76. The van der Waals surface area contributed by atoms with Gasteiger partial charge in [-0.3, -0.25) is 9.78 Å². The van der Waals surface area contributed by atoms with Crippen LogP contribution in [0.1, 0.15) is 46.4 Å². The molecule has 8 heteroatoms. The molecule has 0 aliphatic carbocycles. The van der Waals surface area contributed by atoms with Crippen molar-refractivity contribution in [3.05, 3.63) is 77.1 Å². The number of hydrogen-bond donors (Lipinski definition) is 1. The number of amides is 1. The standard InChI is InChI=1S/C30H31F2N3O3/c1-18-3-5-21(34-29(36)20-7-9-33-28(14-20)30(2,31)32)15-24(18)19-4-6-23-22-8-11-37-16-25(22)27-17-38-12-10-35(27)26(23)13-19/h3-7,9,13-15,22,25,27H,8,10-12,16-17H2,1-2H3,(H,34,36). The number of rotatable bonds is 4. The summed E-state index contributed by atoms with van der Waals surface area (Å²) in [4.78, 5) is 19.1. The van der Waals surface area contributed by atoms with Gasteiger partial charge in [-0.25, -0.2) is 0 Å². The summed E-state index contributed by atoms with van der Waals surface area (Å²) in [6.07, 6.45) is 2.25. The Balaban J connectivity index is 1.31. The van der Waals surface area contributed by atoms with E-state index in [0.29, 0.717) is 30.2 Å². The third kappa shape index (κ3) is 4.56. The quantitative estimate of drug-likeness (QED) is 0.475. The van der Waals surface area contributed by atoms with E-state index in [1.165, 1.54) is 23.5 Å². The van der Waals surface area contributed by atoms with Crippen molar-refractivity contribution in [1.29, 1.82) is 0 Å². The Morgan fingerprint density at radius 1 is 1.08 bits per heavy atom. The zero-order chi connectivity index (χ0) is 26.4. The van der Waals surface area contributed by atoms with Gasteiger partial charge in [0.05, 0.1) is 25.9 Å². The second kappa shape index (κ2) is 9.75. The van der Waals surface area contributed by atoms with E-state index in [9.17, 15) is 13.6 Å². The van der Waals surface area contributed by atoms with Crippen LogP contribution < -0.4 is 10.2 Å². The maximum Gasteiger partial charge on any atom is 0.286 e. The third-order valence-corrected chi connectivity index (χ3v) is 8.08. The highest BCUT2D eigenvalue weighted by molar-refractivity contribution is 6.04. The van der Waals surface area contributed by atoms with E-state index in [1.807, 2.05) is 25.1 Å². The highest BCUT2D eigenvalue weighted by Gasteiger charge is 2.44. The second-order valence-electron chi connectivity index (χ2n) is 10.5. The minimum Gasteiger partial charge on any atom is -0.381 e. The van der Waals surface area contributed by atoms with Gasteiger partial charge in [-0.05, 0) is 71.8 Å². The number of nitrogens with one attached hydrogen (secondary N) is 1. The molecule has 38 heavy (non-hydrogen) atoms. The van der Waals surface area contributed by atoms with Crippen LogP contribution in [0.15, 0.2) is 54.7 Å². The Labute approximate surface area is 221 Å². The molecule has 0 radical (unpaired) electrons. The molecule has 3 atom stereocenters. The highest BCUT2D eigenvalue weighted by Crippen LogP contribution is 2.48. The molecule has 1 N–H and O–H groups in total. The molecule has 2 aromatic carbocycles. The fourth-order valence-corrected chi connectivity index (χ4v) is 6.10. The first kappa shape index (κ1) is 24.9. The Morgan fingerprint density at radius 2 is 1.92 bits per heavy atom. The van der Waals surface area contributed by atoms with Crippen LogP contribution in [0.4, 0.5) is 20.2 Å². The highest BCUT2D eigenvalue weighted by atomic mass is 19.3. The lowest BCUT2D eigenvalue weighted by molar-refractivity contribution is -0.00750. The van der Waals surface area contributed by atoms with Crippen LogP contribution >= 0.6 is 0 Å². The molecule has 6 rings (SSSR count). The van der Waals surface area contributed by atoms with Crippen molar-refractivity contribution in [1.82, 2.24) is 4.98 Å². The molecule has 2 fully saturated rings. The van der Waals surface area contributed by atoms with Crippen LogP contribution in [0, 0.1) is 12.8 Å². The first-order chi connectivity index (χ1) is 18.3. The smallest absolute Gasteiger partial charge is 0.286 e. The number of benzene rings is 2. The number of aryl methyl sites for hydroxylation is 1. The molecular weight excluding hydrogens is 488 g/mol. The zero-order valence-electron chi connectivity index (χ0n) is 21.5. The zero-order valence-corrected chi connectivity index (χ0v) is 21.5. The molecule has 0 saturated carbocycles. The Kier molecular flexibility index (Phi) is 6.40.